The van der Waals surface area contributed by atoms with Gasteiger partial charge >= 0.3 is 6.03 Å². The molecule has 0 fully saturated rings. The summed E-state index contributed by atoms with van der Waals surface area (Å²) in [5.74, 6) is 0. The van der Waals surface area contributed by atoms with Gasteiger partial charge in [-0.25, -0.2) is 14.8 Å². The Bertz CT molecular complexity index is 596. The van der Waals surface area contributed by atoms with Crippen LogP contribution in [0.5, 0.6) is 0 Å². The first kappa shape index (κ1) is 12.7. The highest BCUT2D eigenvalue weighted by molar-refractivity contribution is 7.18. The molecule has 0 aliphatic heterocycles. The summed E-state index contributed by atoms with van der Waals surface area (Å²) in [4.78, 5) is 20.5. The molecule has 0 spiro atoms. The van der Waals surface area contributed by atoms with E-state index in [1.165, 1.54) is 11.3 Å². The zero-order chi connectivity index (χ0) is 13.3. The molecule has 0 aromatic carbocycles. The fourth-order valence-corrected chi connectivity index (χ4v) is 2.54. The topological polar surface area (TPSA) is 90.1 Å². The maximum Gasteiger partial charge on any atom is 0.316 e. The van der Waals surface area contributed by atoms with Gasteiger partial charge in [0, 0.05) is 12.7 Å². The lowest BCUT2D eigenvalue weighted by Gasteiger charge is -2.15. The number of anilines is 1. The summed E-state index contributed by atoms with van der Waals surface area (Å²) in [7, 11) is 1.60. The van der Waals surface area contributed by atoms with Crippen LogP contribution in [0.15, 0.2) is 6.20 Å². The van der Waals surface area contributed by atoms with Gasteiger partial charge in [0.15, 0.2) is 0 Å². The van der Waals surface area contributed by atoms with Crippen LogP contribution < -0.4 is 11.1 Å². The lowest BCUT2D eigenvalue weighted by atomic mass is 10.1. The Hall–Kier alpha value is -1.73. The number of carbonyl (C=O) groups is 1. The number of carbonyl (C=O) groups excluding carboxylic acids is 1. The van der Waals surface area contributed by atoms with Gasteiger partial charge in [0.1, 0.15) is 10.3 Å². The molecule has 0 saturated carbocycles. The Morgan fingerprint density at radius 2 is 2.33 bits per heavy atom. The smallest absolute Gasteiger partial charge is 0.316 e. The highest BCUT2D eigenvalue weighted by Crippen LogP contribution is 2.33. The van der Waals surface area contributed by atoms with Gasteiger partial charge in [0.2, 0.25) is 0 Å². The number of hydrogen-bond donors (Lipinski definition) is 2. The highest BCUT2D eigenvalue weighted by Gasteiger charge is 2.18. The summed E-state index contributed by atoms with van der Waals surface area (Å²) in [6.45, 7) is 3.80. The van der Waals surface area contributed by atoms with Crippen LogP contribution in [-0.4, -0.2) is 23.1 Å². The van der Waals surface area contributed by atoms with Gasteiger partial charge < -0.3 is 15.8 Å². The molecule has 2 aromatic heterocycles. The van der Waals surface area contributed by atoms with E-state index in [1.807, 2.05) is 13.8 Å². The third-order valence-corrected chi connectivity index (χ3v) is 3.47. The van der Waals surface area contributed by atoms with Gasteiger partial charge in [-0.15, -0.1) is 0 Å². The number of hydrogen-bond acceptors (Lipinski definition) is 5. The quantitative estimate of drug-likeness (QED) is 0.891. The molecule has 2 amide bonds. The maximum atomic E-state index is 11.0. The van der Waals surface area contributed by atoms with E-state index in [0.29, 0.717) is 5.69 Å². The van der Waals surface area contributed by atoms with Gasteiger partial charge in [-0.05, 0) is 13.8 Å². The SMILES string of the molecule is COC(C)c1c(NC(N)=O)cnc2sc(C)nc12. The lowest BCUT2D eigenvalue weighted by molar-refractivity contribution is 0.121. The number of primary amides is 1. The molecule has 2 heterocycles. The number of aromatic nitrogens is 2. The Kier molecular flexibility index (Phi) is 3.44. The molecule has 3 N–H and O–H groups in total. The first-order valence-electron chi connectivity index (χ1n) is 5.38. The Balaban J connectivity index is 2.65. The molecule has 1 unspecified atom stereocenters. The minimum absolute atomic E-state index is 0.209. The van der Waals surface area contributed by atoms with Crippen molar-refractivity contribution in [2.75, 3.05) is 12.4 Å². The van der Waals surface area contributed by atoms with Crippen molar-refractivity contribution in [3.63, 3.8) is 0 Å². The van der Waals surface area contributed by atoms with Gasteiger partial charge in [0.05, 0.1) is 23.0 Å². The molecule has 1 atom stereocenters. The predicted molar refractivity (Wildman–Crippen MR) is 70.8 cm³/mol. The molecule has 0 bridgehead atoms. The fourth-order valence-electron chi connectivity index (χ4n) is 1.76. The third kappa shape index (κ3) is 2.27. The third-order valence-electron chi connectivity index (χ3n) is 2.59. The van der Waals surface area contributed by atoms with Crippen molar-refractivity contribution in [3.05, 3.63) is 16.8 Å². The molecule has 0 aliphatic carbocycles. The standard InChI is InChI=1S/C11H14N4O2S/c1-5(17-3)8-7(15-11(12)16)4-13-10-9(8)14-6(2)18-10/h4-5H,1-3H3,(H3,12,15,16). The van der Waals surface area contributed by atoms with Crippen molar-refractivity contribution in [1.29, 1.82) is 0 Å². The van der Waals surface area contributed by atoms with Crippen molar-refractivity contribution < 1.29 is 9.53 Å². The van der Waals surface area contributed by atoms with Gasteiger partial charge in [0.25, 0.3) is 0 Å². The largest absolute Gasteiger partial charge is 0.377 e. The second-order valence-electron chi connectivity index (χ2n) is 3.84. The molecule has 0 radical (unpaired) electrons. The number of rotatable bonds is 3. The van der Waals surface area contributed by atoms with E-state index in [1.54, 1.807) is 13.3 Å². The fraction of sp³-hybridized carbons (Fsp3) is 0.364. The molecular formula is C11H14N4O2S. The number of urea groups is 1. The minimum atomic E-state index is -0.632. The molecule has 6 nitrogen and oxygen atoms in total. The van der Waals surface area contributed by atoms with E-state index < -0.39 is 6.03 Å². The summed E-state index contributed by atoms with van der Waals surface area (Å²) >= 11 is 1.50. The number of thiazole rings is 1. The van der Waals surface area contributed by atoms with Gasteiger partial charge in [-0.3, -0.25) is 0 Å². The van der Waals surface area contributed by atoms with Crippen molar-refractivity contribution in [2.24, 2.45) is 5.73 Å². The Labute approximate surface area is 108 Å². The lowest BCUT2D eigenvalue weighted by Crippen LogP contribution is -2.21. The summed E-state index contributed by atoms with van der Waals surface area (Å²) in [5, 5.41) is 3.47. The monoisotopic (exact) mass is 266 g/mol. The number of methoxy groups -OCH3 is 1. The van der Waals surface area contributed by atoms with Crippen LogP contribution in [0, 0.1) is 6.92 Å². The van der Waals surface area contributed by atoms with Crippen LogP contribution in [-0.2, 0) is 4.74 Å². The van der Waals surface area contributed by atoms with Gasteiger partial charge in [-0.1, -0.05) is 11.3 Å². The maximum absolute atomic E-state index is 11.0. The van der Waals surface area contributed by atoms with Gasteiger partial charge in [-0.2, -0.15) is 0 Å². The number of fused-ring (bicyclic) bond motifs is 1. The van der Waals surface area contributed by atoms with E-state index in [2.05, 4.69) is 15.3 Å². The zero-order valence-corrected chi connectivity index (χ0v) is 11.2. The van der Waals surface area contributed by atoms with E-state index in [-0.39, 0.29) is 6.10 Å². The number of nitrogens with zero attached hydrogens (tertiary/aromatic N) is 2. The van der Waals surface area contributed by atoms with Crippen molar-refractivity contribution >= 4 is 33.4 Å². The summed E-state index contributed by atoms with van der Waals surface area (Å²) in [6, 6.07) is -0.632. The molecule has 18 heavy (non-hydrogen) atoms. The highest BCUT2D eigenvalue weighted by atomic mass is 32.1. The second-order valence-corrected chi connectivity index (χ2v) is 5.02. The van der Waals surface area contributed by atoms with E-state index >= 15 is 0 Å². The minimum Gasteiger partial charge on any atom is -0.377 e. The van der Waals surface area contributed by atoms with Crippen molar-refractivity contribution in [2.45, 2.75) is 20.0 Å². The first-order valence-corrected chi connectivity index (χ1v) is 6.20. The summed E-state index contributed by atoms with van der Waals surface area (Å²) in [5.41, 5.74) is 7.23. The molecule has 0 aliphatic rings. The van der Waals surface area contributed by atoms with Crippen LogP contribution in [0.25, 0.3) is 10.3 Å². The van der Waals surface area contributed by atoms with Crippen LogP contribution >= 0.6 is 11.3 Å². The molecule has 0 saturated heterocycles. The van der Waals surface area contributed by atoms with E-state index in [4.69, 9.17) is 10.5 Å². The average molecular weight is 266 g/mol. The van der Waals surface area contributed by atoms with Crippen LogP contribution in [0.4, 0.5) is 10.5 Å². The average Bonchev–Trinajstić information content (AvgIpc) is 2.67. The van der Waals surface area contributed by atoms with Crippen molar-refractivity contribution in [1.82, 2.24) is 9.97 Å². The number of pyridine rings is 1. The predicted octanol–water partition coefficient (Wildman–Crippen LogP) is 2.20. The normalized spacial score (nSPS) is 12.6. The molecule has 2 aromatic rings. The second kappa shape index (κ2) is 4.87. The number of amides is 2. The number of aryl methyl sites for hydroxylation is 1. The first-order chi connectivity index (χ1) is 8.52. The number of nitrogens with one attached hydrogen (secondary N) is 1. The van der Waals surface area contributed by atoms with Crippen molar-refractivity contribution in [3.8, 4) is 0 Å². The molecule has 96 valence electrons. The number of ether oxygens (including phenoxy) is 1. The number of nitrogens with two attached hydrogens (primary N) is 1. The summed E-state index contributed by atoms with van der Waals surface area (Å²) in [6.07, 6.45) is 1.37. The Morgan fingerprint density at radius 1 is 1.61 bits per heavy atom. The zero-order valence-electron chi connectivity index (χ0n) is 10.4. The molecular weight excluding hydrogens is 252 g/mol. The van der Waals surface area contributed by atoms with Crippen LogP contribution in [0.3, 0.4) is 0 Å². The van der Waals surface area contributed by atoms with Crippen LogP contribution in [0.1, 0.15) is 23.6 Å². The van der Waals surface area contributed by atoms with E-state index in [0.717, 1.165) is 20.9 Å². The molecule has 2 rings (SSSR count). The summed E-state index contributed by atoms with van der Waals surface area (Å²) < 4.78 is 5.32. The Morgan fingerprint density at radius 3 is 2.94 bits per heavy atom. The van der Waals surface area contributed by atoms with Crippen LogP contribution in [0.2, 0.25) is 0 Å². The van der Waals surface area contributed by atoms with E-state index in [9.17, 15) is 4.79 Å². The molecule has 7 heteroatoms.